The second-order valence-corrected chi connectivity index (χ2v) is 3.20. The zero-order valence-electron chi connectivity index (χ0n) is 7.90. The number of hydrogen-bond acceptors (Lipinski definition) is 2. The highest BCUT2D eigenvalue weighted by atomic mass is 16.1. The molecule has 13 heavy (non-hydrogen) atoms. The molecule has 0 unspecified atom stereocenters. The van der Waals surface area contributed by atoms with Gasteiger partial charge in [0.1, 0.15) is 0 Å². The molecule has 1 aromatic rings. The van der Waals surface area contributed by atoms with Gasteiger partial charge in [-0.1, -0.05) is 19.9 Å². The van der Waals surface area contributed by atoms with E-state index in [1.54, 1.807) is 30.6 Å². The Labute approximate surface area is 78.3 Å². The first-order valence-electron chi connectivity index (χ1n) is 4.32. The van der Waals surface area contributed by atoms with Gasteiger partial charge in [0.25, 0.3) is 0 Å². The Morgan fingerprint density at radius 2 is 2.00 bits per heavy atom. The molecule has 2 nitrogen and oxygen atoms in total. The average Bonchev–Trinajstić information content (AvgIpc) is 2.15. The van der Waals surface area contributed by atoms with Crippen molar-refractivity contribution in [3.05, 3.63) is 42.2 Å². The van der Waals surface area contributed by atoms with Crippen LogP contribution in [0.3, 0.4) is 0 Å². The molecule has 0 fully saturated rings. The summed E-state index contributed by atoms with van der Waals surface area (Å²) in [4.78, 5) is 15.3. The number of carbonyl (C=O) groups is 1. The highest BCUT2D eigenvalue weighted by Gasteiger charge is 1.99. The standard InChI is InChI=1S/C11H13NO/c1-9(2)3-4-11(13)10-5-7-12-8-6-10/h3-9H,1-2H3/b4-3+. The summed E-state index contributed by atoms with van der Waals surface area (Å²) in [5, 5.41) is 0. The van der Waals surface area contributed by atoms with Crippen LogP contribution in [0.25, 0.3) is 0 Å². The Bertz CT molecular complexity index is 301. The Kier molecular flexibility index (Phi) is 3.38. The van der Waals surface area contributed by atoms with Crippen LogP contribution in [-0.2, 0) is 0 Å². The van der Waals surface area contributed by atoms with Crippen molar-refractivity contribution in [3.8, 4) is 0 Å². The Morgan fingerprint density at radius 1 is 1.38 bits per heavy atom. The molecule has 1 rings (SSSR count). The van der Waals surface area contributed by atoms with Gasteiger partial charge in [0.15, 0.2) is 5.78 Å². The summed E-state index contributed by atoms with van der Waals surface area (Å²) in [6, 6.07) is 3.43. The average molecular weight is 175 g/mol. The second-order valence-electron chi connectivity index (χ2n) is 3.20. The summed E-state index contributed by atoms with van der Waals surface area (Å²) in [6.45, 7) is 4.08. The number of allylic oxidation sites excluding steroid dienone is 2. The number of carbonyl (C=O) groups excluding carboxylic acids is 1. The lowest BCUT2D eigenvalue weighted by atomic mass is 10.1. The van der Waals surface area contributed by atoms with Gasteiger partial charge in [0, 0.05) is 18.0 Å². The van der Waals surface area contributed by atoms with E-state index in [0.29, 0.717) is 11.5 Å². The van der Waals surface area contributed by atoms with E-state index >= 15 is 0 Å². The van der Waals surface area contributed by atoms with Crippen LogP contribution < -0.4 is 0 Å². The smallest absolute Gasteiger partial charge is 0.185 e. The molecular weight excluding hydrogens is 162 g/mol. The van der Waals surface area contributed by atoms with E-state index in [-0.39, 0.29) is 5.78 Å². The van der Waals surface area contributed by atoms with Gasteiger partial charge < -0.3 is 0 Å². The topological polar surface area (TPSA) is 30.0 Å². The molecule has 0 atom stereocenters. The molecule has 0 aromatic carbocycles. The van der Waals surface area contributed by atoms with Crippen molar-refractivity contribution in [1.82, 2.24) is 4.98 Å². The van der Waals surface area contributed by atoms with E-state index < -0.39 is 0 Å². The molecule has 0 aliphatic carbocycles. The minimum atomic E-state index is 0.0381. The Morgan fingerprint density at radius 3 is 2.54 bits per heavy atom. The normalized spacial score (nSPS) is 11.0. The van der Waals surface area contributed by atoms with Crippen molar-refractivity contribution < 1.29 is 4.79 Å². The summed E-state index contributed by atoms with van der Waals surface area (Å²) in [5.41, 5.74) is 0.687. The van der Waals surface area contributed by atoms with Crippen LogP contribution in [0.5, 0.6) is 0 Å². The third kappa shape index (κ3) is 3.20. The van der Waals surface area contributed by atoms with Gasteiger partial charge in [-0.3, -0.25) is 9.78 Å². The maximum absolute atomic E-state index is 11.4. The first kappa shape index (κ1) is 9.65. The molecule has 2 heteroatoms. The van der Waals surface area contributed by atoms with Crippen LogP contribution in [0.4, 0.5) is 0 Å². The van der Waals surface area contributed by atoms with Gasteiger partial charge in [0.2, 0.25) is 0 Å². The largest absolute Gasteiger partial charge is 0.289 e. The van der Waals surface area contributed by atoms with Crippen LogP contribution in [0.15, 0.2) is 36.7 Å². The summed E-state index contributed by atoms with van der Waals surface area (Å²) < 4.78 is 0. The Balaban J connectivity index is 2.70. The van der Waals surface area contributed by atoms with Gasteiger partial charge in [0.05, 0.1) is 0 Å². The molecule has 0 radical (unpaired) electrons. The lowest BCUT2D eigenvalue weighted by Gasteiger charge is -1.95. The second kappa shape index (κ2) is 4.55. The first-order chi connectivity index (χ1) is 6.20. The van der Waals surface area contributed by atoms with E-state index in [1.807, 2.05) is 19.9 Å². The van der Waals surface area contributed by atoms with Crippen molar-refractivity contribution in [2.24, 2.45) is 5.92 Å². The summed E-state index contributed by atoms with van der Waals surface area (Å²) >= 11 is 0. The quantitative estimate of drug-likeness (QED) is 0.521. The molecule has 68 valence electrons. The molecule has 0 amide bonds. The number of rotatable bonds is 3. The van der Waals surface area contributed by atoms with E-state index in [2.05, 4.69) is 4.98 Å². The van der Waals surface area contributed by atoms with Crippen molar-refractivity contribution in [2.45, 2.75) is 13.8 Å². The molecule has 0 saturated heterocycles. The van der Waals surface area contributed by atoms with Crippen LogP contribution >= 0.6 is 0 Å². The maximum Gasteiger partial charge on any atom is 0.185 e. The van der Waals surface area contributed by atoms with Crippen molar-refractivity contribution >= 4 is 5.78 Å². The summed E-state index contributed by atoms with van der Waals surface area (Å²) in [6.07, 6.45) is 6.75. The van der Waals surface area contributed by atoms with Crippen LogP contribution in [0.1, 0.15) is 24.2 Å². The lowest BCUT2D eigenvalue weighted by molar-refractivity contribution is 0.104. The SMILES string of the molecule is CC(C)/C=C/C(=O)c1ccncc1. The third-order valence-electron chi connectivity index (χ3n) is 1.60. The highest BCUT2D eigenvalue weighted by molar-refractivity contribution is 6.04. The number of hydrogen-bond donors (Lipinski definition) is 0. The van der Waals surface area contributed by atoms with Gasteiger partial charge in [-0.15, -0.1) is 0 Å². The number of pyridine rings is 1. The molecule has 0 bridgehead atoms. The molecule has 0 saturated carbocycles. The van der Waals surface area contributed by atoms with Crippen molar-refractivity contribution in [3.63, 3.8) is 0 Å². The van der Waals surface area contributed by atoms with Crippen LogP contribution in [-0.4, -0.2) is 10.8 Å². The maximum atomic E-state index is 11.4. The van der Waals surface area contributed by atoms with Gasteiger partial charge in [-0.2, -0.15) is 0 Å². The molecule has 0 aliphatic heterocycles. The fraction of sp³-hybridized carbons (Fsp3) is 0.273. The van der Waals surface area contributed by atoms with Crippen LogP contribution in [0.2, 0.25) is 0 Å². The van der Waals surface area contributed by atoms with Crippen LogP contribution in [0, 0.1) is 5.92 Å². The molecule has 0 spiro atoms. The third-order valence-corrected chi connectivity index (χ3v) is 1.60. The molecule has 0 aliphatic rings. The van der Waals surface area contributed by atoms with Gasteiger partial charge in [-0.25, -0.2) is 0 Å². The predicted octanol–water partition coefficient (Wildman–Crippen LogP) is 2.48. The molecule has 1 aromatic heterocycles. The molecular formula is C11H13NO. The summed E-state index contributed by atoms with van der Waals surface area (Å²) in [7, 11) is 0. The number of ketones is 1. The fourth-order valence-corrected chi connectivity index (χ4v) is 0.892. The van der Waals surface area contributed by atoms with E-state index in [0.717, 1.165) is 0 Å². The highest BCUT2D eigenvalue weighted by Crippen LogP contribution is 2.01. The van der Waals surface area contributed by atoms with Crippen molar-refractivity contribution in [1.29, 1.82) is 0 Å². The molecule has 1 heterocycles. The zero-order valence-corrected chi connectivity index (χ0v) is 7.90. The van der Waals surface area contributed by atoms with Gasteiger partial charge in [-0.05, 0) is 24.1 Å². The minimum absolute atomic E-state index is 0.0381. The number of aromatic nitrogens is 1. The minimum Gasteiger partial charge on any atom is -0.289 e. The van der Waals surface area contributed by atoms with E-state index in [1.165, 1.54) is 0 Å². The molecule has 0 N–H and O–H groups in total. The predicted molar refractivity (Wildman–Crippen MR) is 52.5 cm³/mol. The fourth-order valence-electron chi connectivity index (χ4n) is 0.892. The monoisotopic (exact) mass is 175 g/mol. The van der Waals surface area contributed by atoms with E-state index in [9.17, 15) is 4.79 Å². The van der Waals surface area contributed by atoms with Crippen molar-refractivity contribution in [2.75, 3.05) is 0 Å². The zero-order chi connectivity index (χ0) is 9.68. The Hall–Kier alpha value is -1.44. The van der Waals surface area contributed by atoms with E-state index in [4.69, 9.17) is 0 Å². The summed E-state index contributed by atoms with van der Waals surface area (Å²) in [5.74, 6) is 0.446. The number of nitrogens with zero attached hydrogens (tertiary/aromatic N) is 1. The van der Waals surface area contributed by atoms with Gasteiger partial charge >= 0.3 is 0 Å². The first-order valence-corrected chi connectivity index (χ1v) is 4.32. The lowest BCUT2D eigenvalue weighted by Crippen LogP contribution is -1.94.